The van der Waals surface area contributed by atoms with Gasteiger partial charge in [-0.1, -0.05) is 53.9 Å². The monoisotopic (exact) mass is 462 g/mol. The number of carbonyl (C=O) groups excluding carboxylic acids is 1. The van der Waals surface area contributed by atoms with Crippen LogP contribution >= 0.6 is 11.6 Å². The molecule has 0 amide bonds. The van der Waals surface area contributed by atoms with Gasteiger partial charge in [0.25, 0.3) is 0 Å². The molecule has 5 fully saturated rings. The summed E-state index contributed by atoms with van der Waals surface area (Å²) < 4.78 is 6.17. The number of halogens is 1. The number of hydrogen-bond donors (Lipinski definition) is 0. The van der Waals surface area contributed by atoms with E-state index in [2.05, 4.69) is 34.6 Å². The zero-order valence-electron chi connectivity index (χ0n) is 21.3. The fourth-order valence-corrected chi connectivity index (χ4v) is 10.7. The quantitative estimate of drug-likeness (QED) is 0.284. The van der Waals surface area contributed by atoms with Gasteiger partial charge in [0, 0.05) is 5.41 Å². The predicted molar refractivity (Wildman–Crippen MR) is 131 cm³/mol. The van der Waals surface area contributed by atoms with Crippen molar-refractivity contribution < 1.29 is 9.53 Å². The molecule has 1 spiro atoms. The van der Waals surface area contributed by atoms with Crippen molar-refractivity contribution in [3.8, 4) is 0 Å². The Morgan fingerprint density at radius 1 is 1.03 bits per heavy atom. The molecule has 32 heavy (non-hydrogen) atoms. The lowest BCUT2D eigenvalue weighted by Gasteiger charge is -2.60. The second-order valence-corrected chi connectivity index (χ2v) is 13.9. The number of hydrogen-bond acceptors (Lipinski definition) is 2. The fraction of sp³-hybridized carbons (Fsp3) is 0.966. The maximum absolute atomic E-state index is 12.3. The Balaban J connectivity index is 1.37. The van der Waals surface area contributed by atoms with Gasteiger partial charge in [-0.3, -0.25) is 4.79 Å². The Hall–Kier alpha value is -0.240. The van der Waals surface area contributed by atoms with Gasteiger partial charge in [0.05, 0.1) is 0 Å². The lowest BCUT2D eigenvalue weighted by Crippen LogP contribution is -2.57. The second-order valence-electron chi connectivity index (χ2n) is 13.7. The molecular formula is C29H47ClO2. The first kappa shape index (κ1) is 23.5. The Kier molecular flexibility index (Phi) is 6.00. The van der Waals surface area contributed by atoms with E-state index in [1.807, 2.05) is 0 Å². The first-order chi connectivity index (χ1) is 15.2. The van der Waals surface area contributed by atoms with E-state index in [-0.39, 0.29) is 23.4 Å². The lowest BCUT2D eigenvalue weighted by molar-refractivity contribution is -0.182. The van der Waals surface area contributed by atoms with Crippen molar-refractivity contribution in [1.29, 1.82) is 0 Å². The van der Waals surface area contributed by atoms with E-state index in [4.69, 9.17) is 16.3 Å². The van der Waals surface area contributed by atoms with Gasteiger partial charge in [-0.15, -0.1) is 11.6 Å². The Morgan fingerprint density at radius 2 is 1.81 bits per heavy atom. The van der Waals surface area contributed by atoms with Gasteiger partial charge in [0.2, 0.25) is 0 Å². The molecule has 5 saturated carbocycles. The molecule has 0 aromatic rings. The molecule has 2 nitrogen and oxygen atoms in total. The lowest BCUT2D eigenvalue weighted by atomic mass is 9.45. The van der Waals surface area contributed by atoms with Gasteiger partial charge in [0.15, 0.2) is 0 Å². The van der Waals surface area contributed by atoms with Crippen molar-refractivity contribution in [3.63, 3.8) is 0 Å². The summed E-state index contributed by atoms with van der Waals surface area (Å²) in [5, 5.41) is 0. The molecule has 0 unspecified atom stereocenters. The molecular weight excluding hydrogens is 416 g/mol. The molecule has 10 atom stereocenters. The highest BCUT2D eigenvalue weighted by Crippen LogP contribution is 2.82. The molecule has 5 aliphatic rings. The zero-order chi connectivity index (χ0) is 22.9. The zero-order valence-corrected chi connectivity index (χ0v) is 22.1. The molecule has 0 aliphatic heterocycles. The van der Waals surface area contributed by atoms with E-state index in [0.29, 0.717) is 10.8 Å². The van der Waals surface area contributed by atoms with Gasteiger partial charge in [-0.05, 0) is 104 Å². The van der Waals surface area contributed by atoms with Crippen molar-refractivity contribution >= 4 is 17.6 Å². The largest absolute Gasteiger partial charge is 0.461 e. The highest BCUT2D eigenvalue weighted by atomic mass is 35.5. The van der Waals surface area contributed by atoms with E-state index in [1.54, 1.807) is 0 Å². The highest BCUT2D eigenvalue weighted by Gasteiger charge is 2.78. The summed E-state index contributed by atoms with van der Waals surface area (Å²) in [6, 6.07) is 0. The maximum Gasteiger partial charge on any atom is 0.321 e. The van der Waals surface area contributed by atoms with Crippen LogP contribution in [0.25, 0.3) is 0 Å². The van der Waals surface area contributed by atoms with E-state index in [1.165, 1.54) is 64.2 Å². The molecule has 182 valence electrons. The molecule has 0 saturated heterocycles. The number of carbonyl (C=O) groups is 1. The maximum atomic E-state index is 12.3. The van der Waals surface area contributed by atoms with Crippen LogP contribution in [0.2, 0.25) is 0 Å². The van der Waals surface area contributed by atoms with Crippen LogP contribution in [-0.2, 0) is 9.53 Å². The van der Waals surface area contributed by atoms with Gasteiger partial charge < -0.3 is 4.74 Å². The number of fused-ring (bicyclic) bond motifs is 4. The van der Waals surface area contributed by atoms with Gasteiger partial charge in [-0.2, -0.15) is 0 Å². The summed E-state index contributed by atoms with van der Waals surface area (Å²) in [4.78, 5) is 12.3. The predicted octanol–water partition coefficient (Wildman–Crippen LogP) is 7.87. The van der Waals surface area contributed by atoms with Crippen LogP contribution in [0.4, 0.5) is 0 Å². The average Bonchev–Trinajstić information content (AvgIpc) is 3.26. The number of esters is 1. The Bertz CT molecular complexity index is 735. The summed E-state index contributed by atoms with van der Waals surface area (Å²) in [6.07, 6.45) is 15.1. The molecule has 5 aliphatic carbocycles. The van der Waals surface area contributed by atoms with Crippen molar-refractivity contribution in [1.82, 2.24) is 0 Å². The SMILES string of the molecule is CC(C)CCC[C@H](C)[C@H]1CC[C@H]2[C@@H]3C[C@@H](OC(=O)CCl)[C@]45C[C@H]4CC[C@]5(C)[C@H]3CC[C@]12C. The Morgan fingerprint density at radius 3 is 2.50 bits per heavy atom. The first-order valence-corrected chi connectivity index (χ1v) is 14.5. The van der Waals surface area contributed by atoms with Crippen LogP contribution in [0.5, 0.6) is 0 Å². The molecule has 0 bridgehead atoms. The molecule has 0 aromatic heterocycles. The second kappa shape index (κ2) is 8.17. The summed E-state index contributed by atoms with van der Waals surface area (Å²) in [6.45, 7) is 12.5. The van der Waals surface area contributed by atoms with Crippen LogP contribution in [0.3, 0.4) is 0 Å². The Labute approximate surface area is 202 Å². The first-order valence-electron chi connectivity index (χ1n) is 13.9. The van der Waals surface area contributed by atoms with Gasteiger partial charge >= 0.3 is 5.97 Å². The minimum absolute atomic E-state index is 0.000827. The van der Waals surface area contributed by atoms with Crippen LogP contribution in [0, 0.1) is 57.7 Å². The normalized spacial score (nSPS) is 49.7. The molecule has 0 aromatic carbocycles. The minimum Gasteiger partial charge on any atom is -0.461 e. The van der Waals surface area contributed by atoms with Crippen molar-refractivity contribution in [2.24, 2.45) is 57.7 Å². The standard InChI is InChI=1S/C29H47ClO2/c1-18(2)7-6-8-19(3)22-9-10-23-21-15-25(32-26(31)17-30)29-16-20(29)11-14-28(29,5)24(21)12-13-27(22,23)4/h18-25H,6-17H2,1-5H3/t19-,20+,21-,22+,23-,24-,25+,27+,28+,29-/m0/s1. The van der Waals surface area contributed by atoms with E-state index >= 15 is 0 Å². The van der Waals surface area contributed by atoms with Crippen molar-refractivity contribution in [2.45, 2.75) is 111 Å². The fourth-order valence-electron chi connectivity index (χ4n) is 10.6. The smallest absolute Gasteiger partial charge is 0.321 e. The van der Waals surface area contributed by atoms with E-state index < -0.39 is 0 Å². The van der Waals surface area contributed by atoms with Crippen LogP contribution in [0.15, 0.2) is 0 Å². The van der Waals surface area contributed by atoms with Crippen LogP contribution in [-0.4, -0.2) is 18.0 Å². The summed E-state index contributed by atoms with van der Waals surface area (Å²) >= 11 is 5.90. The van der Waals surface area contributed by atoms with E-state index in [0.717, 1.165) is 47.8 Å². The molecule has 0 radical (unpaired) electrons. The third kappa shape index (κ3) is 3.27. The number of alkyl halides is 1. The number of ether oxygens (including phenoxy) is 1. The minimum atomic E-state index is -0.189. The molecule has 0 heterocycles. The van der Waals surface area contributed by atoms with E-state index in [9.17, 15) is 4.79 Å². The van der Waals surface area contributed by atoms with Crippen molar-refractivity contribution in [3.05, 3.63) is 0 Å². The third-order valence-corrected chi connectivity index (χ3v) is 12.3. The molecule has 0 N–H and O–H groups in total. The van der Waals surface area contributed by atoms with Crippen LogP contribution in [0.1, 0.15) is 105 Å². The molecule has 3 heteroatoms. The third-order valence-electron chi connectivity index (χ3n) is 12.1. The summed E-state index contributed by atoms with van der Waals surface area (Å²) in [7, 11) is 0. The highest BCUT2D eigenvalue weighted by molar-refractivity contribution is 6.26. The number of rotatable bonds is 7. The van der Waals surface area contributed by atoms with Crippen molar-refractivity contribution in [2.75, 3.05) is 5.88 Å². The summed E-state index contributed by atoms with van der Waals surface area (Å²) in [5.41, 5.74) is 1.15. The molecule has 5 rings (SSSR count). The van der Waals surface area contributed by atoms with Gasteiger partial charge in [-0.25, -0.2) is 0 Å². The van der Waals surface area contributed by atoms with Crippen LogP contribution < -0.4 is 0 Å². The topological polar surface area (TPSA) is 26.3 Å². The van der Waals surface area contributed by atoms with Gasteiger partial charge in [0.1, 0.15) is 12.0 Å². The average molecular weight is 463 g/mol. The summed E-state index contributed by atoms with van der Waals surface area (Å²) in [5.74, 6) is 5.56.